The summed E-state index contributed by atoms with van der Waals surface area (Å²) in [6, 6.07) is 14.0. The minimum atomic E-state index is -4.74. The summed E-state index contributed by atoms with van der Waals surface area (Å²) in [4.78, 5) is 12.3. The van der Waals surface area contributed by atoms with Crippen LogP contribution in [0.2, 0.25) is 5.02 Å². The van der Waals surface area contributed by atoms with Crippen LogP contribution in [0.15, 0.2) is 60.7 Å². The lowest BCUT2D eigenvalue weighted by molar-refractivity contribution is -0.141. The zero-order chi connectivity index (χ0) is 23.3. The van der Waals surface area contributed by atoms with Gasteiger partial charge in [-0.15, -0.1) is 0 Å². The van der Waals surface area contributed by atoms with Gasteiger partial charge >= 0.3 is 6.18 Å². The van der Waals surface area contributed by atoms with Crippen molar-refractivity contribution >= 4 is 17.5 Å². The van der Waals surface area contributed by atoms with Crippen molar-refractivity contribution in [3.8, 4) is 11.6 Å². The Bertz CT molecular complexity index is 1060. The van der Waals surface area contributed by atoms with Gasteiger partial charge in [0.05, 0.1) is 23.4 Å². The highest BCUT2D eigenvalue weighted by Crippen LogP contribution is 2.33. The molecule has 0 bridgehead atoms. The van der Waals surface area contributed by atoms with Crippen LogP contribution in [0.25, 0.3) is 5.69 Å². The van der Waals surface area contributed by atoms with Crippen molar-refractivity contribution in [1.82, 2.24) is 15.1 Å². The third-order valence-corrected chi connectivity index (χ3v) is 4.78. The van der Waals surface area contributed by atoms with Crippen LogP contribution in [0.4, 0.5) is 13.2 Å². The van der Waals surface area contributed by atoms with E-state index in [1.54, 1.807) is 42.5 Å². The van der Waals surface area contributed by atoms with E-state index < -0.39 is 43.1 Å². The smallest absolute Gasteiger partial charge is 0.435 e. The van der Waals surface area contributed by atoms with E-state index in [9.17, 15) is 28.2 Å². The van der Waals surface area contributed by atoms with Gasteiger partial charge in [-0.1, -0.05) is 54.1 Å². The number of rotatable bonds is 8. The van der Waals surface area contributed by atoms with Crippen molar-refractivity contribution in [2.45, 2.75) is 18.3 Å². The maximum Gasteiger partial charge on any atom is 0.435 e. The fraction of sp³-hybridized carbons (Fsp3) is 0.238. The molecule has 2 unspecified atom stereocenters. The molecule has 7 nitrogen and oxygen atoms in total. The molecule has 1 amide bonds. The van der Waals surface area contributed by atoms with E-state index in [4.69, 9.17) is 16.3 Å². The molecule has 3 rings (SSSR count). The monoisotopic (exact) mass is 469 g/mol. The summed E-state index contributed by atoms with van der Waals surface area (Å²) in [7, 11) is 0. The topological polar surface area (TPSA) is 96.6 Å². The summed E-state index contributed by atoms with van der Waals surface area (Å²) in [5, 5.41) is 25.9. The van der Waals surface area contributed by atoms with E-state index in [-0.39, 0.29) is 16.6 Å². The summed E-state index contributed by atoms with van der Waals surface area (Å²) in [6.45, 7) is -1.26. The number of aromatic nitrogens is 2. The lowest BCUT2D eigenvalue weighted by Crippen LogP contribution is -2.44. The summed E-state index contributed by atoms with van der Waals surface area (Å²) in [6.07, 6.45) is -5.94. The van der Waals surface area contributed by atoms with E-state index in [1.807, 2.05) is 0 Å². The number of halogens is 4. The largest absolute Gasteiger partial charge is 0.467 e. The zero-order valence-corrected chi connectivity index (χ0v) is 17.2. The van der Waals surface area contributed by atoms with E-state index in [2.05, 4.69) is 10.4 Å². The predicted molar refractivity (Wildman–Crippen MR) is 109 cm³/mol. The first-order valence-electron chi connectivity index (χ1n) is 9.39. The number of aliphatic hydroxyl groups is 2. The highest BCUT2D eigenvalue weighted by molar-refractivity contribution is 6.32. The average molecular weight is 470 g/mol. The molecule has 0 aliphatic rings. The molecule has 3 N–H and O–H groups in total. The second-order valence-electron chi connectivity index (χ2n) is 6.73. The first-order chi connectivity index (χ1) is 15.2. The molecule has 3 aromatic rings. The van der Waals surface area contributed by atoms with Crippen LogP contribution < -0.4 is 10.1 Å². The Balaban J connectivity index is 1.75. The Morgan fingerprint density at radius 2 is 1.81 bits per heavy atom. The molecule has 0 saturated carbocycles. The minimum Gasteiger partial charge on any atom is -0.467 e. The first-order valence-corrected chi connectivity index (χ1v) is 9.76. The van der Waals surface area contributed by atoms with Gasteiger partial charge in [0.2, 0.25) is 5.88 Å². The second-order valence-corrected chi connectivity index (χ2v) is 7.14. The van der Waals surface area contributed by atoms with Crippen molar-refractivity contribution < 1.29 is 32.9 Å². The van der Waals surface area contributed by atoms with Crippen LogP contribution in [0.1, 0.15) is 17.4 Å². The molecule has 0 aliphatic carbocycles. The highest BCUT2D eigenvalue weighted by Gasteiger charge is 2.36. The molecule has 0 fully saturated rings. The Labute approximate surface area is 186 Å². The van der Waals surface area contributed by atoms with Crippen molar-refractivity contribution in [2.24, 2.45) is 0 Å². The molecule has 1 aromatic heterocycles. The fourth-order valence-electron chi connectivity index (χ4n) is 2.90. The molecule has 0 aliphatic heterocycles. The van der Waals surface area contributed by atoms with Crippen LogP contribution in [0.5, 0.6) is 5.88 Å². The van der Waals surface area contributed by atoms with Crippen molar-refractivity contribution in [3.05, 3.63) is 76.9 Å². The van der Waals surface area contributed by atoms with E-state index in [0.717, 1.165) is 4.68 Å². The van der Waals surface area contributed by atoms with Crippen LogP contribution in [-0.2, 0) is 11.0 Å². The molecule has 1 heterocycles. The third kappa shape index (κ3) is 5.58. The predicted octanol–water partition coefficient (Wildman–Crippen LogP) is 3.13. The minimum absolute atomic E-state index is 0.130. The number of carbonyl (C=O) groups is 1. The van der Waals surface area contributed by atoms with E-state index in [1.165, 1.54) is 12.1 Å². The Morgan fingerprint density at radius 1 is 1.16 bits per heavy atom. The number of hydrogen-bond acceptors (Lipinski definition) is 5. The average Bonchev–Trinajstić information content (AvgIpc) is 3.21. The molecule has 0 radical (unpaired) electrons. The van der Waals surface area contributed by atoms with Gasteiger partial charge in [-0.2, -0.15) is 23.0 Å². The van der Waals surface area contributed by atoms with Gasteiger partial charge in [0, 0.05) is 6.07 Å². The second kappa shape index (κ2) is 10.0. The number of nitrogens with zero attached hydrogens (tertiary/aromatic N) is 2. The third-order valence-electron chi connectivity index (χ3n) is 4.46. The van der Waals surface area contributed by atoms with E-state index >= 15 is 0 Å². The fourth-order valence-corrected chi connectivity index (χ4v) is 3.11. The van der Waals surface area contributed by atoms with E-state index in [0.29, 0.717) is 11.6 Å². The normalized spacial score (nSPS) is 13.4. The molecule has 2 atom stereocenters. The van der Waals surface area contributed by atoms with Crippen molar-refractivity contribution in [2.75, 3.05) is 13.2 Å². The number of hydrogen-bond donors (Lipinski definition) is 3. The lowest BCUT2D eigenvalue weighted by Gasteiger charge is -2.22. The first kappa shape index (κ1) is 23.6. The number of benzene rings is 2. The Kier molecular flexibility index (Phi) is 7.39. The van der Waals surface area contributed by atoms with Gasteiger partial charge in [0.15, 0.2) is 12.3 Å². The van der Waals surface area contributed by atoms with Crippen LogP contribution >= 0.6 is 11.6 Å². The van der Waals surface area contributed by atoms with Crippen molar-refractivity contribution in [1.29, 1.82) is 0 Å². The zero-order valence-electron chi connectivity index (χ0n) is 16.5. The Hall–Kier alpha value is -3.08. The molecule has 0 saturated heterocycles. The number of ether oxygens (including phenoxy) is 1. The summed E-state index contributed by atoms with van der Waals surface area (Å²) in [5.74, 6) is -1.12. The molecule has 11 heteroatoms. The number of aliphatic hydroxyl groups excluding tert-OH is 2. The number of alkyl halides is 3. The van der Waals surface area contributed by atoms with Gasteiger partial charge in [-0.05, 0) is 17.7 Å². The van der Waals surface area contributed by atoms with Gasteiger partial charge < -0.3 is 20.3 Å². The molecular weight excluding hydrogens is 451 g/mol. The van der Waals surface area contributed by atoms with Gasteiger partial charge in [0.1, 0.15) is 6.10 Å². The summed E-state index contributed by atoms with van der Waals surface area (Å²) >= 11 is 6.07. The van der Waals surface area contributed by atoms with Crippen molar-refractivity contribution in [3.63, 3.8) is 0 Å². The highest BCUT2D eigenvalue weighted by atomic mass is 35.5. The number of para-hydroxylation sites is 1. The molecular formula is C21H19ClF3N3O4. The van der Waals surface area contributed by atoms with Gasteiger partial charge in [0.25, 0.3) is 5.91 Å². The van der Waals surface area contributed by atoms with Gasteiger partial charge in [-0.3, -0.25) is 4.79 Å². The number of nitrogens with one attached hydrogen (secondary N) is 1. The number of amides is 1. The Morgan fingerprint density at radius 3 is 2.44 bits per heavy atom. The molecule has 170 valence electrons. The summed E-state index contributed by atoms with van der Waals surface area (Å²) < 4.78 is 45.6. The quantitative estimate of drug-likeness (QED) is 0.471. The molecule has 32 heavy (non-hydrogen) atoms. The van der Waals surface area contributed by atoms with Gasteiger partial charge in [-0.25, -0.2) is 0 Å². The van der Waals surface area contributed by atoms with Crippen LogP contribution in [0.3, 0.4) is 0 Å². The molecule has 2 aromatic carbocycles. The lowest BCUT2D eigenvalue weighted by atomic mass is 10.0. The maximum atomic E-state index is 13.2. The maximum absolute atomic E-state index is 13.2. The van der Waals surface area contributed by atoms with Crippen LogP contribution in [0, 0.1) is 0 Å². The summed E-state index contributed by atoms with van der Waals surface area (Å²) in [5.41, 5.74) is -0.618. The number of carbonyl (C=O) groups excluding carboxylic acids is 1. The standard InChI is InChI=1S/C21H19ClF3N3O4/c22-14-8-4-5-9-16(14)28-19(10-17(27-28)21(23,24)25)32-12-18(30)26-15(11-29)20(31)13-6-2-1-3-7-13/h1-10,15,20,29,31H,11-12H2,(H,26,30). The molecule has 0 spiro atoms. The van der Waals surface area contributed by atoms with Crippen LogP contribution in [-0.4, -0.2) is 45.2 Å². The SMILES string of the molecule is O=C(COc1cc(C(F)(F)F)nn1-c1ccccc1Cl)NC(CO)C(O)c1ccccc1.